The molecule has 0 aliphatic heterocycles. The van der Waals surface area contributed by atoms with Crippen molar-refractivity contribution in [2.45, 2.75) is 38.0 Å². The fourth-order valence-electron chi connectivity index (χ4n) is 3.47. The van der Waals surface area contributed by atoms with Crippen LogP contribution in [0.4, 0.5) is 5.69 Å². The fraction of sp³-hybridized carbons (Fsp3) is 0.320. The van der Waals surface area contributed by atoms with Gasteiger partial charge in [-0.2, -0.15) is 0 Å². The van der Waals surface area contributed by atoms with Crippen molar-refractivity contribution in [3.05, 3.63) is 65.9 Å². The van der Waals surface area contributed by atoms with Crippen molar-refractivity contribution in [1.29, 1.82) is 0 Å². The molecular formula is C25H26N2O5. The van der Waals surface area contributed by atoms with E-state index in [1.807, 2.05) is 37.3 Å². The number of esters is 1. The van der Waals surface area contributed by atoms with Gasteiger partial charge in [0.05, 0.1) is 30.4 Å². The Balaban J connectivity index is 1.43. The minimum Gasteiger partial charge on any atom is -0.497 e. The molecule has 1 fully saturated rings. The largest absolute Gasteiger partial charge is 0.497 e. The van der Waals surface area contributed by atoms with E-state index in [2.05, 4.69) is 10.5 Å². The van der Waals surface area contributed by atoms with Gasteiger partial charge < -0.3 is 19.3 Å². The molecule has 0 spiro atoms. The number of benzene rings is 2. The van der Waals surface area contributed by atoms with Crippen LogP contribution in [0.2, 0.25) is 0 Å². The molecule has 166 valence electrons. The van der Waals surface area contributed by atoms with Gasteiger partial charge in [0.15, 0.2) is 5.76 Å². The van der Waals surface area contributed by atoms with Crippen molar-refractivity contribution in [2.24, 2.45) is 0 Å². The molecule has 1 aromatic heterocycles. The molecule has 1 heterocycles. The number of hydrogen-bond donors (Lipinski definition) is 1. The molecule has 1 N–H and O–H groups in total. The monoisotopic (exact) mass is 434 g/mol. The summed E-state index contributed by atoms with van der Waals surface area (Å²) >= 11 is 0. The van der Waals surface area contributed by atoms with E-state index in [0.717, 1.165) is 24.2 Å². The zero-order valence-electron chi connectivity index (χ0n) is 18.2. The molecule has 0 saturated heterocycles. The van der Waals surface area contributed by atoms with Crippen molar-refractivity contribution in [3.8, 4) is 17.1 Å². The highest BCUT2D eigenvalue weighted by molar-refractivity contribution is 6.01. The van der Waals surface area contributed by atoms with Crippen LogP contribution in [0.1, 0.15) is 48.7 Å². The third kappa shape index (κ3) is 4.51. The first kappa shape index (κ1) is 21.6. The number of unbranched alkanes of at least 4 members (excludes halogenated alkanes) is 1. The standard InChI is InChI=1S/C25H26N2O5/c1-3-4-14-31-23(28)17-8-10-19(11-9-17)26-24(29)25(12-13-25)22-16-21(32-27-22)18-6-5-7-20(15-18)30-2/h5-11,15-16H,3-4,12-14H2,1-2H3,(H,26,29). The lowest BCUT2D eigenvalue weighted by molar-refractivity contribution is -0.118. The van der Waals surface area contributed by atoms with Crippen LogP contribution in [-0.4, -0.2) is 30.7 Å². The third-order valence-electron chi connectivity index (χ3n) is 5.65. The topological polar surface area (TPSA) is 90.7 Å². The Morgan fingerprint density at radius 1 is 1.12 bits per heavy atom. The van der Waals surface area contributed by atoms with Crippen LogP contribution in [-0.2, 0) is 14.9 Å². The lowest BCUT2D eigenvalue weighted by Crippen LogP contribution is -2.28. The molecule has 7 nitrogen and oxygen atoms in total. The summed E-state index contributed by atoms with van der Waals surface area (Å²) in [4.78, 5) is 25.1. The predicted molar refractivity (Wildman–Crippen MR) is 120 cm³/mol. The van der Waals surface area contributed by atoms with E-state index in [-0.39, 0.29) is 11.9 Å². The number of rotatable bonds is 9. The van der Waals surface area contributed by atoms with Gasteiger partial charge in [-0.05, 0) is 55.7 Å². The first-order chi connectivity index (χ1) is 15.6. The Bertz CT molecular complexity index is 1100. The zero-order chi connectivity index (χ0) is 22.6. The highest BCUT2D eigenvalue weighted by atomic mass is 16.5. The summed E-state index contributed by atoms with van der Waals surface area (Å²) in [5.74, 6) is 0.810. The second-order valence-electron chi connectivity index (χ2n) is 7.91. The van der Waals surface area contributed by atoms with E-state index in [0.29, 0.717) is 42.2 Å². The second-order valence-corrected chi connectivity index (χ2v) is 7.91. The molecule has 0 atom stereocenters. The lowest BCUT2D eigenvalue weighted by Gasteiger charge is -2.13. The van der Waals surface area contributed by atoms with Gasteiger partial charge in [0.1, 0.15) is 5.75 Å². The second kappa shape index (κ2) is 9.26. The maximum atomic E-state index is 13.0. The van der Waals surface area contributed by atoms with Crippen molar-refractivity contribution >= 4 is 17.6 Å². The van der Waals surface area contributed by atoms with E-state index in [1.165, 1.54) is 0 Å². The molecule has 1 saturated carbocycles. The number of carbonyl (C=O) groups excluding carboxylic acids is 2. The summed E-state index contributed by atoms with van der Waals surface area (Å²) in [7, 11) is 1.61. The maximum absolute atomic E-state index is 13.0. The number of ether oxygens (including phenoxy) is 2. The van der Waals surface area contributed by atoms with E-state index in [4.69, 9.17) is 14.0 Å². The summed E-state index contributed by atoms with van der Waals surface area (Å²) in [6.07, 6.45) is 3.20. The van der Waals surface area contributed by atoms with Gasteiger partial charge in [0, 0.05) is 17.3 Å². The average Bonchev–Trinajstić information content (AvgIpc) is 3.49. The van der Waals surface area contributed by atoms with Crippen molar-refractivity contribution in [2.75, 3.05) is 19.0 Å². The van der Waals surface area contributed by atoms with Crippen molar-refractivity contribution in [1.82, 2.24) is 5.16 Å². The third-order valence-corrected chi connectivity index (χ3v) is 5.65. The number of carbonyl (C=O) groups is 2. The number of methoxy groups -OCH3 is 1. The summed E-state index contributed by atoms with van der Waals surface area (Å²) in [5, 5.41) is 7.12. The number of anilines is 1. The Morgan fingerprint density at radius 3 is 2.59 bits per heavy atom. The highest BCUT2D eigenvalue weighted by Crippen LogP contribution is 2.49. The first-order valence-corrected chi connectivity index (χ1v) is 10.8. The molecule has 1 aliphatic carbocycles. The average molecular weight is 434 g/mol. The van der Waals surface area contributed by atoms with Crippen LogP contribution in [0, 0.1) is 0 Å². The first-order valence-electron chi connectivity index (χ1n) is 10.8. The molecule has 4 rings (SSSR count). The summed E-state index contributed by atoms with van der Waals surface area (Å²) in [5.41, 5.74) is 1.82. The highest BCUT2D eigenvalue weighted by Gasteiger charge is 2.53. The zero-order valence-corrected chi connectivity index (χ0v) is 18.2. The molecule has 2 aromatic carbocycles. The Labute approximate surface area is 186 Å². The molecule has 0 bridgehead atoms. The lowest BCUT2D eigenvalue weighted by atomic mass is 10.00. The SMILES string of the molecule is CCCCOC(=O)c1ccc(NC(=O)C2(c3cc(-c4cccc(OC)c4)on3)CC2)cc1. The number of nitrogens with one attached hydrogen (secondary N) is 1. The van der Waals surface area contributed by atoms with E-state index in [1.54, 1.807) is 31.4 Å². The Kier molecular flexibility index (Phi) is 6.25. The summed E-state index contributed by atoms with van der Waals surface area (Å²) in [6.45, 7) is 2.45. The molecule has 1 aliphatic rings. The van der Waals surface area contributed by atoms with Crippen LogP contribution >= 0.6 is 0 Å². The van der Waals surface area contributed by atoms with Crippen LogP contribution in [0.25, 0.3) is 11.3 Å². The van der Waals surface area contributed by atoms with E-state index in [9.17, 15) is 9.59 Å². The number of aromatic nitrogens is 1. The van der Waals surface area contributed by atoms with E-state index < -0.39 is 5.41 Å². The molecule has 3 aromatic rings. The molecule has 0 unspecified atom stereocenters. The summed E-state index contributed by atoms with van der Waals surface area (Å²) in [6, 6.07) is 16.0. The van der Waals surface area contributed by atoms with Crippen molar-refractivity contribution in [3.63, 3.8) is 0 Å². The van der Waals surface area contributed by atoms with Gasteiger partial charge in [0.2, 0.25) is 5.91 Å². The molecule has 32 heavy (non-hydrogen) atoms. The quantitative estimate of drug-likeness (QED) is 0.377. The molecule has 1 amide bonds. The van der Waals surface area contributed by atoms with Gasteiger partial charge in [0.25, 0.3) is 0 Å². The van der Waals surface area contributed by atoms with Gasteiger partial charge in [-0.3, -0.25) is 4.79 Å². The smallest absolute Gasteiger partial charge is 0.338 e. The normalized spacial score (nSPS) is 13.9. The number of amides is 1. The van der Waals surface area contributed by atoms with Gasteiger partial charge in [-0.1, -0.05) is 30.6 Å². The number of nitrogens with zero attached hydrogens (tertiary/aromatic N) is 1. The van der Waals surface area contributed by atoms with Gasteiger partial charge in [-0.15, -0.1) is 0 Å². The number of hydrogen-bond acceptors (Lipinski definition) is 6. The van der Waals surface area contributed by atoms with Gasteiger partial charge in [-0.25, -0.2) is 4.79 Å². The minimum atomic E-state index is -0.696. The molecule has 0 radical (unpaired) electrons. The van der Waals surface area contributed by atoms with Crippen LogP contribution in [0.15, 0.2) is 59.1 Å². The van der Waals surface area contributed by atoms with Crippen molar-refractivity contribution < 1.29 is 23.6 Å². The molecule has 7 heteroatoms. The van der Waals surface area contributed by atoms with Crippen LogP contribution in [0.3, 0.4) is 0 Å². The molecular weight excluding hydrogens is 408 g/mol. The maximum Gasteiger partial charge on any atom is 0.338 e. The van der Waals surface area contributed by atoms with Gasteiger partial charge >= 0.3 is 5.97 Å². The predicted octanol–water partition coefficient (Wildman–Crippen LogP) is 4.98. The van der Waals surface area contributed by atoms with Crippen LogP contribution in [0.5, 0.6) is 5.75 Å². The van der Waals surface area contributed by atoms with Crippen LogP contribution < -0.4 is 10.1 Å². The Morgan fingerprint density at radius 2 is 1.91 bits per heavy atom. The minimum absolute atomic E-state index is 0.138. The Hall–Kier alpha value is -3.61. The summed E-state index contributed by atoms with van der Waals surface area (Å²) < 4.78 is 16.0. The fourth-order valence-corrected chi connectivity index (χ4v) is 3.47. The van der Waals surface area contributed by atoms with E-state index >= 15 is 0 Å².